The van der Waals surface area contributed by atoms with Crippen LogP contribution in [0.2, 0.25) is 0 Å². The molecule has 15 heteroatoms. The minimum atomic E-state index is -6.24. The number of halogens is 3. The molecular formula is C4H7F3O9S3. The quantitative estimate of drug-likeness (QED) is 0.247. The maximum Gasteiger partial charge on any atom is 0.525 e. The molecule has 0 aliphatic carbocycles. The van der Waals surface area contributed by atoms with Crippen molar-refractivity contribution in [3.8, 4) is 0 Å². The fourth-order valence-corrected chi connectivity index (χ4v) is 1.99. The Balaban J connectivity index is 4.50. The third kappa shape index (κ3) is 7.63. The van der Waals surface area contributed by atoms with Crippen LogP contribution in [0.1, 0.15) is 0 Å². The van der Waals surface area contributed by atoms with Crippen LogP contribution in [-0.2, 0) is 43.2 Å². The Labute approximate surface area is 106 Å². The molecule has 0 fully saturated rings. The number of alkyl halides is 3. The molecule has 116 valence electrons. The summed E-state index contributed by atoms with van der Waals surface area (Å²) in [5.41, 5.74) is -5.87. The first-order valence-electron chi connectivity index (χ1n) is 3.92. The minimum absolute atomic E-state index is 0.588. The van der Waals surface area contributed by atoms with E-state index in [0.29, 0.717) is 6.26 Å². The lowest BCUT2D eigenvalue weighted by Crippen LogP contribution is -2.28. The lowest BCUT2D eigenvalue weighted by molar-refractivity contribution is -0.124. The first kappa shape index (κ1) is 18.5. The Morgan fingerprint density at radius 3 is 1.79 bits per heavy atom. The third-order valence-corrected chi connectivity index (χ3v) is 3.57. The highest BCUT2D eigenvalue weighted by atomic mass is 32.2. The molecule has 9 nitrogen and oxygen atoms in total. The van der Waals surface area contributed by atoms with Gasteiger partial charge in [0.1, 0.15) is 5.75 Å². The lowest BCUT2D eigenvalue weighted by atomic mass is 10.9. The van der Waals surface area contributed by atoms with Crippen molar-refractivity contribution in [1.29, 1.82) is 0 Å². The van der Waals surface area contributed by atoms with Crippen molar-refractivity contribution >= 4 is 30.4 Å². The lowest BCUT2D eigenvalue weighted by Gasteiger charge is -2.07. The van der Waals surface area contributed by atoms with E-state index in [4.69, 9.17) is 0 Å². The van der Waals surface area contributed by atoms with Crippen LogP contribution >= 0.6 is 0 Å². The van der Waals surface area contributed by atoms with Gasteiger partial charge in [0.05, 0.1) is 12.9 Å². The highest BCUT2D eigenvalue weighted by Crippen LogP contribution is 2.25. The Hall–Kier alpha value is -0.480. The Morgan fingerprint density at radius 2 is 1.42 bits per heavy atom. The monoisotopic (exact) mass is 352 g/mol. The van der Waals surface area contributed by atoms with Gasteiger partial charge < -0.3 is 0 Å². The molecule has 0 amide bonds. The van der Waals surface area contributed by atoms with Gasteiger partial charge in [0.25, 0.3) is 20.2 Å². The molecule has 0 saturated heterocycles. The summed E-state index contributed by atoms with van der Waals surface area (Å²) < 4.78 is 108. The highest BCUT2D eigenvalue weighted by Gasteiger charge is 2.49. The standard InChI is InChI=1S/C4H7F3O9S3/c1-17(8,9)14-2-3-18(10,11)15-16-19(12,13)4(5,6)7/h2-3H2,1H3. The molecule has 0 aliphatic heterocycles. The van der Waals surface area contributed by atoms with E-state index in [0.717, 1.165) is 0 Å². The van der Waals surface area contributed by atoms with Crippen LogP contribution < -0.4 is 0 Å². The first-order valence-corrected chi connectivity index (χ1v) is 8.73. The third-order valence-electron chi connectivity index (χ3n) is 1.14. The average Bonchev–Trinajstić information content (AvgIpc) is 2.10. The zero-order valence-corrected chi connectivity index (χ0v) is 11.4. The van der Waals surface area contributed by atoms with Crippen LogP contribution in [-0.4, -0.2) is 49.4 Å². The summed E-state index contributed by atoms with van der Waals surface area (Å²) >= 11 is 0. The summed E-state index contributed by atoms with van der Waals surface area (Å²) in [4.78, 5) is 0. The topological polar surface area (TPSA) is 130 Å². The predicted octanol–water partition coefficient (Wildman–Crippen LogP) is -0.910. The highest BCUT2D eigenvalue weighted by molar-refractivity contribution is 7.89. The molecule has 0 aliphatic rings. The van der Waals surface area contributed by atoms with E-state index in [2.05, 4.69) is 12.9 Å². The SMILES string of the molecule is CS(=O)(=O)OCCS(=O)(=O)OOS(=O)(=O)C(F)(F)F. The smallest absolute Gasteiger partial charge is 0.269 e. The van der Waals surface area contributed by atoms with Gasteiger partial charge >= 0.3 is 15.6 Å². The predicted molar refractivity (Wildman–Crippen MR) is 51.7 cm³/mol. The van der Waals surface area contributed by atoms with Crippen LogP contribution in [0.15, 0.2) is 0 Å². The van der Waals surface area contributed by atoms with Crippen molar-refractivity contribution in [2.24, 2.45) is 0 Å². The molecular weight excluding hydrogens is 345 g/mol. The first-order chi connectivity index (χ1) is 8.16. The van der Waals surface area contributed by atoms with Crippen LogP contribution in [0.3, 0.4) is 0 Å². The van der Waals surface area contributed by atoms with Gasteiger partial charge in [-0.3, -0.25) is 4.18 Å². The van der Waals surface area contributed by atoms with Gasteiger partial charge in [0.15, 0.2) is 0 Å². The molecule has 0 radical (unpaired) electrons. The van der Waals surface area contributed by atoms with Crippen LogP contribution in [0.4, 0.5) is 13.2 Å². The van der Waals surface area contributed by atoms with Crippen molar-refractivity contribution < 1.29 is 51.3 Å². The molecule has 0 saturated carbocycles. The van der Waals surface area contributed by atoms with E-state index in [1.54, 1.807) is 0 Å². The van der Waals surface area contributed by atoms with Crippen molar-refractivity contribution in [2.75, 3.05) is 18.6 Å². The van der Waals surface area contributed by atoms with Crippen molar-refractivity contribution in [2.45, 2.75) is 5.51 Å². The zero-order chi connectivity index (χ0) is 15.5. The molecule has 0 unspecified atom stereocenters. The molecule has 0 atom stereocenters. The molecule has 0 aromatic heterocycles. The average molecular weight is 352 g/mol. The maximum atomic E-state index is 11.7. The second-order valence-corrected chi connectivity index (χ2v) is 7.63. The van der Waals surface area contributed by atoms with E-state index >= 15 is 0 Å². The zero-order valence-electron chi connectivity index (χ0n) is 8.95. The molecule has 0 heterocycles. The molecule has 0 bridgehead atoms. The van der Waals surface area contributed by atoms with Gasteiger partial charge in [-0.25, -0.2) is 0 Å². The van der Waals surface area contributed by atoms with Crippen molar-refractivity contribution in [1.82, 2.24) is 0 Å². The summed E-state index contributed by atoms with van der Waals surface area (Å²) in [7, 11) is -15.1. The largest absolute Gasteiger partial charge is 0.525 e. The fourth-order valence-electron chi connectivity index (χ4n) is 0.439. The van der Waals surface area contributed by atoms with Gasteiger partial charge in [-0.05, 0) is 0 Å². The van der Waals surface area contributed by atoms with Crippen molar-refractivity contribution in [3.63, 3.8) is 0 Å². The Kier molecular flexibility index (Phi) is 5.73. The minimum Gasteiger partial charge on any atom is -0.269 e. The molecule has 0 aromatic rings. The van der Waals surface area contributed by atoms with E-state index < -0.39 is 48.2 Å². The summed E-state index contributed by atoms with van der Waals surface area (Å²) in [6, 6.07) is 0. The second kappa shape index (κ2) is 5.88. The number of rotatable bonds is 7. The summed E-state index contributed by atoms with van der Waals surface area (Å²) in [6.07, 6.45) is 0.588. The van der Waals surface area contributed by atoms with Gasteiger partial charge in [0, 0.05) is 0 Å². The molecule has 0 aromatic carbocycles. The van der Waals surface area contributed by atoms with E-state index in [1.165, 1.54) is 0 Å². The van der Waals surface area contributed by atoms with Gasteiger partial charge in [0.2, 0.25) is 0 Å². The van der Waals surface area contributed by atoms with Crippen LogP contribution in [0.25, 0.3) is 0 Å². The Bertz CT molecular complexity index is 598. The van der Waals surface area contributed by atoms with E-state index in [-0.39, 0.29) is 0 Å². The Morgan fingerprint density at radius 1 is 0.947 bits per heavy atom. The summed E-state index contributed by atoms with van der Waals surface area (Å²) in [5.74, 6) is -1.24. The molecule has 0 rings (SSSR count). The normalized spacial score (nSPS) is 14.5. The van der Waals surface area contributed by atoms with Gasteiger partial charge in [-0.15, -0.1) is 0 Å². The van der Waals surface area contributed by atoms with E-state index in [9.17, 15) is 38.4 Å². The number of hydrogen-bond acceptors (Lipinski definition) is 9. The molecule has 0 spiro atoms. The van der Waals surface area contributed by atoms with Gasteiger partial charge in [-0.1, -0.05) is 8.67 Å². The van der Waals surface area contributed by atoms with Crippen LogP contribution in [0.5, 0.6) is 0 Å². The molecule has 19 heavy (non-hydrogen) atoms. The summed E-state index contributed by atoms with van der Waals surface area (Å²) in [5, 5.41) is 0. The fraction of sp³-hybridized carbons (Fsp3) is 1.00. The van der Waals surface area contributed by atoms with Crippen molar-refractivity contribution in [3.05, 3.63) is 0 Å². The number of hydrogen-bond donors (Lipinski definition) is 0. The maximum absolute atomic E-state index is 11.7. The van der Waals surface area contributed by atoms with E-state index in [1.807, 2.05) is 0 Å². The van der Waals surface area contributed by atoms with Gasteiger partial charge in [-0.2, -0.15) is 38.4 Å². The molecule has 0 N–H and O–H groups in total. The summed E-state index contributed by atoms with van der Waals surface area (Å²) in [6.45, 7) is -0.989. The van der Waals surface area contributed by atoms with Crippen LogP contribution in [0, 0.1) is 0 Å². The second-order valence-electron chi connectivity index (χ2n) is 2.82.